The van der Waals surface area contributed by atoms with Gasteiger partial charge >= 0.3 is 25.7 Å². The lowest BCUT2D eigenvalue weighted by Gasteiger charge is -2.21. The number of phosphoric acid groups is 1. The molecule has 0 amide bonds. The minimum absolute atomic E-state index is 0.0224. The summed E-state index contributed by atoms with van der Waals surface area (Å²) in [4.78, 5) is 48.0. The van der Waals surface area contributed by atoms with Crippen molar-refractivity contribution in [3.05, 3.63) is 109 Å². The van der Waals surface area contributed by atoms with E-state index in [1.807, 2.05) is 36.5 Å². The summed E-state index contributed by atoms with van der Waals surface area (Å²) in [6.45, 7) is 4.14. The third-order valence-corrected chi connectivity index (χ3v) is 10.2. The Bertz CT molecular complexity index is 1490. The van der Waals surface area contributed by atoms with Crippen molar-refractivity contribution in [3.63, 3.8) is 0 Å². The summed E-state index contributed by atoms with van der Waals surface area (Å²) in [5.41, 5.74) is 0. The van der Waals surface area contributed by atoms with Crippen molar-refractivity contribution in [3.8, 4) is 0 Å². The maximum Gasteiger partial charge on any atom is 0.472 e. The molecule has 12 heteroatoms. The van der Waals surface area contributed by atoms with Crippen molar-refractivity contribution in [2.75, 3.05) is 26.4 Å². The van der Waals surface area contributed by atoms with Gasteiger partial charge in [0.25, 0.3) is 0 Å². The monoisotopic (exact) mass is 915 g/mol. The van der Waals surface area contributed by atoms with Gasteiger partial charge in [-0.2, -0.15) is 0 Å². The number of aliphatic hydroxyl groups excluding tert-OH is 1. The lowest BCUT2D eigenvalue weighted by molar-refractivity contribution is -0.160. The van der Waals surface area contributed by atoms with Crippen LogP contribution in [-0.4, -0.2) is 66.5 Å². The van der Waals surface area contributed by atoms with Crippen LogP contribution in [0, 0.1) is 0 Å². The lowest BCUT2D eigenvalue weighted by Crippen LogP contribution is -2.30. The first kappa shape index (κ1) is 60.1. The molecule has 0 aromatic heterocycles. The van der Waals surface area contributed by atoms with Gasteiger partial charge in [-0.1, -0.05) is 182 Å². The molecule has 0 aromatic rings. The number of rotatable bonds is 42. The van der Waals surface area contributed by atoms with Gasteiger partial charge in [-0.15, -0.1) is 0 Å². The van der Waals surface area contributed by atoms with Gasteiger partial charge in [0.05, 0.1) is 26.2 Å². The first-order chi connectivity index (χ1) is 31.2. The molecular weight excluding hydrogens is 832 g/mol. The Labute approximate surface area is 386 Å². The second-order valence-electron chi connectivity index (χ2n) is 15.2. The zero-order chi connectivity index (χ0) is 47.0. The van der Waals surface area contributed by atoms with E-state index in [2.05, 4.69) is 87.6 Å². The summed E-state index contributed by atoms with van der Waals surface area (Å²) < 4.78 is 38.9. The highest BCUT2D eigenvalue weighted by atomic mass is 31.2. The van der Waals surface area contributed by atoms with Gasteiger partial charge in [-0.3, -0.25) is 23.4 Å². The van der Waals surface area contributed by atoms with Crippen molar-refractivity contribution >= 4 is 25.7 Å². The first-order valence-electron chi connectivity index (χ1n) is 23.8. The van der Waals surface area contributed by atoms with Crippen molar-refractivity contribution in [2.45, 2.75) is 174 Å². The van der Waals surface area contributed by atoms with Crippen LogP contribution in [-0.2, 0) is 42.2 Å². The number of esters is 3. The minimum Gasteiger partial charge on any atom is -0.461 e. The second-order valence-corrected chi connectivity index (χ2v) is 16.6. The SMILES string of the molecule is CC/C=C\C/C=C\C/C=C\C/C=C\C/C=C\CC(=O)OCC(COP(=O)(O)OCC(CO)OC(=O)CCCCCCCCCCC)OC(=O)CC/C=C\C/C=C\C/C=C\C/C=C\CC. The van der Waals surface area contributed by atoms with Crippen LogP contribution in [0.25, 0.3) is 0 Å². The van der Waals surface area contributed by atoms with Crippen molar-refractivity contribution in [1.29, 1.82) is 0 Å². The summed E-state index contributed by atoms with van der Waals surface area (Å²) in [5.74, 6) is -1.73. The normalized spacial score (nSPS) is 14.5. The standard InChI is InChI=1S/C52H83O11P/c1-4-7-10-13-16-19-21-23-24-26-27-30-32-35-38-41-50(54)59-45-49(63-52(56)43-40-37-34-31-28-25-22-20-17-14-11-8-5-2)47-61-64(57,58)60-46-48(44-53)62-51(55)42-39-36-33-29-18-15-12-9-6-3/h7-8,10-11,16-17,19-20,23-25,27-28,30,34-35,37-38,48-49,53H,4-6,9,12-15,18,21-22,26,29,31-33,36,39-47H2,1-3H3,(H,57,58)/b10-7-,11-8-,19-16-,20-17-,24-23-,28-25-,30-27-,37-34-,38-35-. The number of carbonyl (C=O) groups excluding carboxylic acids is 3. The molecule has 0 bridgehead atoms. The topological polar surface area (TPSA) is 155 Å². The molecule has 2 N–H and O–H groups in total. The van der Waals surface area contributed by atoms with Crippen LogP contribution in [0.2, 0.25) is 0 Å². The van der Waals surface area contributed by atoms with E-state index in [0.717, 1.165) is 64.2 Å². The number of allylic oxidation sites excluding steroid dienone is 17. The van der Waals surface area contributed by atoms with E-state index >= 15 is 0 Å². The summed E-state index contributed by atoms with van der Waals surface area (Å²) >= 11 is 0. The Morgan fingerprint density at radius 3 is 1.33 bits per heavy atom. The molecule has 0 aliphatic heterocycles. The average molecular weight is 915 g/mol. The summed E-state index contributed by atoms with van der Waals surface area (Å²) in [5, 5.41) is 9.72. The maximum atomic E-state index is 12.8. The van der Waals surface area contributed by atoms with Gasteiger partial charge in [0.1, 0.15) is 12.7 Å². The van der Waals surface area contributed by atoms with Gasteiger partial charge in [0, 0.05) is 12.8 Å². The minimum atomic E-state index is -4.78. The fourth-order valence-corrected chi connectivity index (χ4v) is 6.46. The smallest absolute Gasteiger partial charge is 0.461 e. The van der Waals surface area contributed by atoms with E-state index in [4.69, 9.17) is 23.3 Å². The maximum absolute atomic E-state index is 12.8. The largest absolute Gasteiger partial charge is 0.472 e. The predicted molar refractivity (Wildman–Crippen MR) is 260 cm³/mol. The first-order valence-corrected chi connectivity index (χ1v) is 25.3. The number of carbonyl (C=O) groups is 3. The molecule has 3 atom stereocenters. The molecular formula is C52H83O11P. The molecule has 11 nitrogen and oxygen atoms in total. The van der Waals surface area contributed by atoms with Crippen molar-refractivity contribution < 1.29 is 52.2 Å². The summed E-state index contributed by atoms with van der Waals surface area (Å²) in [7, 11) is -4.78. The molecule has 0 rings (SSSR count). The van der Waals surface area contributed by atoms with E-state index in [0.29, 0.717) is 25.7 Å². The Hall–Kier alpha value is -3.86. The number of hydrogen-bond acceptors (Lipinski definition) is 10. The van der Waals surface area contributed by atoms with Crippen LogP contribution in [0.5, 0.6) is 0 Å². The molecule has 362 valence electrons. The molecule has 0 aromatic carbocycles. The van der Waals surface area contributed by atoms with E-state index in [-0.39, 0.29) is 19.3 Å². The summed E-state index contributed by atoms with van der Waals surface area (Å²) in [6.07, 6.45) is 52.7. The highest BCUT2D eigenvalue weighted by Gasteiger charge is 2.28. The molecule has 64 heavy (non-hydrogen) atoms. The van der Waals surface area contributed by atoms with Crippen molar-refractivity contribution in [1.82, 2.24) is 0 Å². The van der Waals surface area contributed by atoms with Crippen LogP contribution >= 0.6 is 7.82 Å². The number of ether oxygens (including phenoxy) is 3. The van der Waals surface area contributed by atoms with Gasteiger partial charge in [-0.25, -0.2) is 4.57 Å². The average Bonchev–Trinajstić information content (AvgIpc) is 3.28. The molecule has 0 saturated heterocycles. The fourth-order valence-electron chi connectivity index (χ4n) is 5.68. The van der Waals surface area contributed by atoms with Crippen molar-refractivity contribution in [2.24, 2.45) is 0 Å². The molecule has 0 radical (unpaired) electrons. The number of unbranched alkanes of at least 4 members (excludes halogenated alkanes) is 8. The Kier molecular flexibility index (Phi) is 42.9. The number of phosphoric ester groups is 1. The molecule has 0 heterocycles. The lowest BCUT2D eigenvalue weighted by atomic mass is 10.1. The molecule has 0 spiro atoms. The number of aliphatic hydroxyl groups is 1. The van der Waals surface area contributed by atoms with E-state index < -0.39 is 64.4 Å². The molecule has 3 unspecified atom stereocenters. The molecule has 0 fully saturated rings. The van der Waals surface area contributed by atoms with Gasteiger partial charge < -0.3 is 24.2 Å². The molecule has 0 saturated carbocycles. The van der Waals surface area contributed by atoms with E-state index in [1.165, 1.54) is 32.1 Å². The molecule has 0 aliphatic carbocycles. The predicted octanol–water partition coefficient (Wildman–Crippen LogP) is 13.1. The van der Waals surface area contributed by atoms with Gasteiger partial charge in [0.15, 0.2) is 6.10 Å². The zero-order valence-corrected chi connectivity index (χ0v) is 40.3. The van der Waals surface area contributed by atoms with Crippen LogP contribution in [0.1, 0.15) is 162 Å². The molecule has 0 aliphatic rings. The van der Waals surface area contributed by atoms with Crippen LogP contribution in [0.3, 0.4) is 0 Å². The summed E-state index contributed by atoms with van der Waals surface area (Å²) in [6, 6.07) is 0. The Morgan fingerprint density at radius 1 is 0.469 bits per heavy atom. The third kappa shape index (κ3) is 43.4. The van der Waals surface area contributed by atoms with Crippen LogP contribution in [0.4, 0.5) is 0 Å². The van der Waals surface area contributed by atoms with Gasteiger partial charge in [0.2, 0.25) is 0 Å². The second kappa shape index (κ2) is 45.7. The van der Waals surface area contributed by atoms with Crippen LogP contribution in [0.15, 0.2) is 109 Å². The highest BCUT2D eigenvalue weighted by Crippen LogP contribution is 2.43. The quantitative estimate of drug-likeness (QED) is 0.0198. The third-order valence-electron chi connectivity index (χ3n) is 9.24. The fraction of sp³-hybridized carbons (Fsp3) is 0.596. The Balaban J connectivity index is 5.00. The number of hydrogen-bond donors (Lipinski definition) is 2. The zero-order valence-electron chi connectivity index (χ0n) is 39.4. The van der Waals surface area contributed by atoms with E-state index in [9.17, 15) is 28.9 Å². The van der Waals surface area contributed by atoms with E-state index in [1.54, 1.807) is 6.08 Å². The van der Waals surface area contributed by atoms with Crippen LogP contribution < -0.4 is 0 Å². The highest BCUT2D eigenvalue weighted by molar-refractivity contribution is 7.47. The Morgan fingerprint density at radius 2 is 0.859 bits per heavy atom. The van der Waals surface area contributed by atoms with Gasteiger partial charge in [-0.05, 0) is 70.6 Å².